The Balaban J connectivity index is 1.81. The van der Waals surface area contributed by atoms with E-state index in [1.807, 2.05) is 35.2 Å². The zero-order valence-corrected chi connectivity index (χ0v) is 12.7. The van der Waals surface area contributed by atoms with E-state index in [-0.39, 0.29) is 5.91 Å². The van der Waals surface area contributed by atoms with Gasteiger partial charge in [0.15, 0.2) is 0 Å². The van der Waals surface area contributed by atoms with Gasteiger partial charge in [0.05, 0.1) is 5.69 Å². The molecule has 1 atom stereocenters. The van der Waals surface area contributed by atoms with Crippen molar-refractivity contribution in [3.63, 3.8) is 0 Å². The SMILES string of the molecule is C[C@@H]1CCCCN1C(=O)c1cc(-c2ccc(Cl)cc2)n[nH]1. The van der Waals surface area contributed by atoms with Gasteiger partial charge in [-0.1, -0.05) is 23.7 Å². The lowest BCUT2D eigenvalue weighted by atomic mass is 10.0. The molecule has 3 rings (SSSR count). The molecule has 1 fully saturated rings. The average molecular weight is 304 g/mol. The van der Waals surface area contributed by atoms with Crippen LogP contribution >= 0.6 is 11.6 Å². The Labute approximate surface area is 129 Å². The maximum Gasteiger partial charge on any atom is 0.272 e. The van der Waals surface area contributed by atoms with Gasteiger partial charge in [0, 0.05) is 23.2 Å². The highest BCUT2D eigenvalue weighted by atomic mass is 35.5. The molecule has 1 aromatic heterocycles. The molecular weight excluding hydrogens is 286 g/mol. The van der Waals surface area contributed by atoms with Gasteiger partial charge >= 0.3 is 0 Å². The Morgan fingerprint density at radius 2 is 2.10 bits per heavy atom. The van der Waals surface area contributed by atoms with Crippen LogP contribution in [0, 0.1) is 0 Å². The highest BCUT2D eigenvalue weighted by Gasteiger charge is 2.25. The average Bonchev–Trinajstić information content (AvgIpc) is 2.98. The van der Waals surface area contributed by atoms with E-state index in [2.05, 4.69) is 17.1 Å². The van der Waals surface area contributed by atoms with Crippen LogP contribution in [0.3, 0.4) is 0 Å². The van der Waals surface area contributed by atoms with E-state index < -0.39 is 0 Å². The van der Waals surface area contributed by atoms with Crippen LogP contribution < -0.4 is 0 Å². The molecule has 0 bridgehead atoms. The Kier molecular flexibility index (Phi) is 3.97. The Morgan fingerprint density at radius 3 is 2.81 bits per heavy atom. The van der Waals surface area contributed by atoms with Crippen molar-refractivity contribution in [3.05, 3.63) is 41.0 Å². The lowest BCUT2D eigenvalue weighted by Gasteiger charge is -2.32. The highest BCUT2D eigenvalue weighted by molar-refractivity contribution is 6.30. The first kappa shape index (κ1) is 14.1. The summed E-state index contributed by atoms with van der Waals surface area (Å²) in [7, 11) is 0. The lowest BCUT2D eigenvalue weighted by Crippen LogP contribution is -2.42. The van der Waals surface area contributed by atoms with Crippen molar-refractivity contribution < 1.29 is 4.79 Å². The first-order valence-electron chi connectivity index (χ1n) is 7.27. The number of amides is 1. The summed E-state index contributed by atoms with van der Waals surface area (Å²) in [6, 6.07) is 9.55. The van der Waals surface area contributed by atoms with Gasteiger partial charge in [-0.05, 0) is 44.4 Å². The number of carbonyl (C=O) groups excluding carboxylic acids is 1. The number of aromatic amines is 1. The molecule has 0 spiro atoms. The molecule has 21 heavy (non-hydrogen) atoms. The highest BCUT2D eigenvalue weighted by Crippen LogP contribution is 2.22. The molecule has 1 amide bonds. The van der Waals surface area contributed by atoms with Crippen LogP contribution in [-0.4, -0.2) is 33.6 Å². The van der Waals surface area contributed by atoms with Gasteiger partial charge in [-0.15, -0.1) is 0 Å². The van der Waals surface area contributed by atoms with Crippen molar-refractivity contribution in [1.82, 2.24) is 15.1 Å². The second kappa shape index (κ2) is 5.90. The number of halogens is 1. The van der Waals surface area contributed by atoms with Crippen LogP contribution in [-0.2, 0) is 0 Å². The van der Waals surface area contributed by atoms with Crippen molar-refractivity contribution >= 4 is 17.5 Å². The Morgan fingerprint density at radius 1 is 1.33 bits per heavy atom. The van der Waals surface area contributed by atoms with Crippen LogP contribution in [0.1, 0.15) is 36.7 Å². The van der Waals surface area contributed by atoms with Crippen molar-refractivity contribution in [3.8, 4) is 11.3 Å². The van der Waals surface area contributed by atoms with E-state index in [1.165, 1.54) is 6.42 Å². The fraction of sp³-hybridized carbons (Fsp3) is 0.375. The normalized spacial score (nSPS) is 18.8. The molecule has 1 aromatic carbocycles. The van der Waals surface area contributed by atoms with Crippen molar-refractivity contribution in [2.45, 2.75) is 32.2 Å². The zero-order valence-electron chi connectivity index (χ0n) is 12.0. The molecule has 1 saturated heterocycles. The number of hydrogen-bond acceptors (Lipinski definition) is 2. The molecular formula is C16H18ClN3O. The Hall–Kier alpha value is -1.81. The third-order valence-electron chi connectivity index (χ3n) is 4.01. The van der Waals surface area contributed by atoms with Gasteiger partial charge in [-0.2, -0.15) is 5.10 Å². The number of hydrogen-bond donors (Lipinski definition) is 1. The maximum atomic E-state index is 12.5. The molecule has 0 saturated carbocycles. The fourth-order valence-electron chi connectivity index (χ4n) is 2.75. The summed E-state index contributed by atoms with van der Waals surface area (Å²) in [5.74, 6) is 0.0370. The second-order valence-electron chi connectivity index (χ2n) is 5.52. The largest absolute Gasteiger partial charge is 0.335 e. The predicted octanol–water partition coefficient (Wildman–Crippen LogP) is 3.74. The standard InChI is InChI=1S/C16H18ClN3O/c1-11-4-2-3-9-20(11)16(21)15-10-14(18-19-15)12-5-7-13(17)8-6-12/h5-8,10-11H,2-4,9H2,1H3,(H,18,19)/t11-/m1/s1. The molecule has 2 heterocycles. The maximum absolute atomic E-state index is 12.5. The fourth-order valence-corrected chi connectivity index (χ4v) is 2.88. The van der Waals surface area contributed by atoms with E-state index in [9.17, 15) is 4.79 Å². The minimum atomic E-state index is 0.0370. The number of carbonyl (C=O) groups is 1. The van der Waals surface area contributed by atoms with Crippen LogP contribution in [0.4, 0.5) is 0 Å². The van der Waals surface area contributed by atoms with Crippen molar-refractivity contribution in [2.24, 2.45) is 0 Å². The zero-order chi connectivity index (χ0) is 14.8. The van der Waals surface area contributed by atoms with E-state index in [4.69, 9.17) is 11.6 Å². The molecule has 1 aliphatic rings. The van der Waals surface area contributed by atoms with Crippen LogP contribution in [0.5, 0.6) is 0 Å². The number of H-pyrrole nitrogens is 1. The smallest absolute Gasteiger partial charge is 0.272 e. The van der Waals surface area contributed by atoms with Gasteiger partial charge in [-0.3, -0.25) is 9.89 Å². The van der Waals surface area contributed by atoms with Gasteiger partial charge in [-0.25, -0.2) is 0 Å². The second-order valence-corrected chi connectivity index (χ2v) is 5.95. The summed E-state index contributed by atoms with van der Waals surface area (Å²) >= 11 is 5.88. The number of benzene rings is 1. The number of likely N-dealkylation sites (tertiary alicyclic amines) is 1. The van der Waals surface area contributed by atoms with E-state index in [0.717, 1.165) is 30.6 Å². The monoisotopic (exact) mass is 303 g/mol. The number of nitrogens with zero attached hydrogens (tertiary/aromatic N) is 2. The molecule has 0 radical (unpaired) electrons. The third-order valence-corrected chi connectivity index (χ3v) is 4.26. The summed E-state index contributed by atoms with van der Waals surface area (Å²) < 4.78 is 0. The predicted molar refractivity (Wildman–Crippen MR) is 83.4 cm³/mol. The topological polar surface area (TPSA) is 49.0 Å². The van der Waals surface area contributed by atoms with Crippen LogP contribution in [0.2, 0.25) is 5.02 Å². The summed E-state index contributed by atoms with van der Waals surface area (Å²) in [5.41, 5.74) is 2.26. The van der Waals surface area contributed by atoms with Crippen LogP contribution in [0.15, 0.2) is 30.3 Å². The first-order valence-corrected chi connectivity index (χ1v) is 7.65. The number of rotatable bonds is 2. The Bertz CT molecular complexity index is 635. The molecule has 5 heteroatoms. The first-order chi connectivity index (χ1) is 10.1. The molecule has 110 valence electrons. The number of piperidine rings is 1. The lowest BCUT2D eigenvalue weighted by molar-refractivity contribution is 0.0629. The van der Waals surface area contributed by atoms with E-state index in [0.29, 0.717) is 16.8 Å². The van der Waals surface area contributed by atoms with Crippen molar-refractivity contribution in [1.29, 1.82) is 0 Å². The number of nitrogens with one attached hydrogen (secondary N) is 1. The van der Waals surface area contributed by atoms with Gasteiger partial charge < -0.3 is 4.90 Å². The van der Waals surface area contributed by atoms with Gasteiger partial charge in [0.25, 0.3) is 5.91 Å². The summed E-state index contributed by atoms with van der Waals surface area (Å²) in [4.78, 5) is 14.5. The summed E-state index contributed by atoms with van der Waals surface area (Å²) in [6.45, 7) is 2.93. The molecule has 2 aromatic rings. The molecule has 1 N–H and O–H groups in total. The van der Waals surface area contributed by atoms with E-state index in [1.54, 1.807) is 0 Å². The quantitative estimate of drug-likeness (QED) is 0.918. The summed E-state index contributed by atoms with van der Waals surface area (Å²) in [6.07, 6.45) is 3.35. The molecule has 0 unspecified atom stereocenters. The van der Waals surface area contributed by atoms with Crippen molar-refractivity contribution in [2.75, 3.05) is 6.54 Å². The van der Waals surface area contributed by atoms with Crippen LogP contribution in [0.25, 0.3) is 11.3 Å². The third kappa shape index (κ3) is 2.95. The van der Waals surface area contributed by atoms with E-state index >= 15 is 0 Å². The minimum absolute atomic E-state index is 0.0370. The number of aromatic nitrogens is 2. The van der Waals surface area contributed by atoms with Gasteiger partial charge in [0.2, 0.25) is 0 Å². The summed E-state index contributed by atoms with van der Waals surface area (Å²) in [5, 5.41) is 7.79. The molecule has 0 aliphatic carbocycles. The molecule has 1 aliphatic heterocycles. The van der Waals surface area contributed by atoms with Gasteiger partial charge in [0.1, 0.15) is 5.69 Å². The molecule has 4 nitrogen and oxygen atoms in total. The minimum Gasteiger partial charge on any atom is -0.335 e.